The first-order chi connectivity index (χ1) is 26.8. The zero-order chi connectivity index (χ0) is 44.5. The summed E-state index contributed by atoms with van der Waals surface area (Å²) in [6, 6.07) is -1.39. The van der Waals surface area contributed by atoms with Gasteiger partial charge in [0.15, 0.2) is 11.7 Å². The number of phenols is 1. The lowest BCUT2D eigenvalue weighted by atomic mass is 9.82. The van der Waals surface area contributed by atoms with Crippen LogP contribution in [0, 0.1) is 17.3 Å². The molecule has 7 amide bonds. The van der Waals surface area contributed by atoms with Crippen molar-refractivity contribution in [1.29, 1.82) is 0 Å². The Morgan fingerprint density at radius 1 is 0.690 bits per heavy atom. The van der Waals surface area contributed by atoms with Crippen LogP contribution in [0.4, 0.5) is 0 Å². The van der Waals surface area contributed by atoms with Gasteiger partial charge in [-0.2, -0.15) is 0 Å². The summed E-state index contributed by atoms with van der Waals surface area (Å²) in [7, 11) is 0. The van der Waals surface area contributed by atoms with E-state index in [4.69, 9.17) is 17.2 Å². The number of carbonyl (C=O) groups is 8. The largest absolute Gasteiger partial charge is 0.508 e. The number of hydrogen-bond donors (Lipinski definition) is 10. The van der Waals surface area contributed by atoms with Gasteiger partial charge in [0.05, 0.1) is 12.5 Å². The lowest BCUT2D eigenvalue weighted by Crippen LogP contribution is -2.60. The number of hydrogen-bond acceptors (Lipinski definition) is 10. The number of primary amides is 1. The molecule has 19 heteroatoms. The summed E-state index contributed by atoms with van der Waals surface area (Å²) in [5, 5.41) is 25.3. The Hall–Kier alpha value is -5.75. The molecule has 0 aliphatic heterocycles. The van der Waals surface area contributed by atoms with Crippen molar-refractivity contribution >= 4 is 53.1 Å². The van der Waals surface area contributed by atoms with E-state index in [1.54, 1.807) is 46.8 Å². The number of phenolic OH excluding ortho intramolecular Hbond substituents is 1. The highest BCUT2D eigenvalue weighted by Crippen LogP contribution is 2.21. The van der Waals surface area contributed by atoms with Crippen LogP contribution in [0.1, 0.15) is 93.6 Å². The van der Waals surface area contributed by atoms with Gasteiger partial charge in [0.2, 0.25) is 41.4 Å². The van der Waals surface area contributed by atoms with Gasteiger partial charge in [-0.1, -0.05) is 60.6 Å². The monoisotopic (exact) mass is 816 g/mol. The van der Waals surface area contributed by atoms with Gasteiger partial charge in [0, 0.05) is 25.3 Å². The second-order valence-corrected chi connectivity index (χ2v) is 16.1. The number of ketones is 1. The van der Waals surface area contributed by atoms with E-state index in [2.05, 4.69) is 36.9 Å². The maximum Gasteiger partial charge on any atom is 0.243 e. The summed E-state index contributed by atoms with van der Waals surface area (Å²) in [5.74, 6) is -6.13. The summed E-state index contributed by atoms with van der Waals surface area (Å²) in [5.41, 5.74) is 16.0. The molecule has 0 radical (unpaired) electrons. The molecule has 6 atom stereocenters. The fraction of sp³-hybridized carbons (Fsp3) is 0.615. The summed E-state index contributed by atoms with van der Waals surface area (Å²) < 4.78 is 0. The zero-order valence-electron chi connectivity index (χ0n) is 35.1. The average Bonchev–Trinajstić information content (AvgIpc) is 3.09. The molecule has 1 rings (SSSR count). The summed E-state index contributed by atoms with van der Waals surface area (Å²) in [4.78, 5) is 109. The van der Waals surface area contributed by atoms with E-state index >= 15 is 0 Å². The molecular formula is C39H64N10O9. The minimum Gasteiger partial charge on any atom is -0.508 e. The lowest BCUT2D eigenvalue weighted by Gasteiger charge is -2.30. The number of amides is 7. The predicted molar refractivity (Wildman–Crippen MR) is 217 cm³/mol. The number of nitrogens with zero attached hydrogens (tertiary/aromatic N) is 1. The van der Waals surface area contributed by atoms with E-state index in [9.17, 15) is 43.5 Å². The fourth-order valence-electron chi connectivity index (χ4n) is 5.68. The minimum atomic E-state index is -1.49. The second kappa shape index (κ2) is 23.5. The normalized spacial score (nSPS) is 14.4. The average molecular weight is 817 g/mol. The van der Waals surface area contributed by atoms with Crippen LogP contribution in [0.15, 0.2) is 29.3 Å². The Labute approximate surface area is 340 Å². The topological polar surface area (TPSA) is 319 Å². The molecule has 0 aliphatic carbocycles. The molecule has 0 fully saturated rings. The van der Waals surface area contributed by atoms with Crippen molar-refractivity contribution in [3.05, 3.63) is 29.8 Å². The first kappa shape index (κ1) is 50.3. The van der Waals surface area contributed by atoms with Crippen LogP contribution in [0.3, 0.4) is 0 Å². The Kier molecular flexibility index (Phi) is 20.3. The Morgan fingerprint density at radius 3 is 1.71 bits per heavy atom. The number of nitrogens with two attached hydrogens (primary N) is 3. The molecule has 0 aliphatic rings. The zero-order valence-corrected chi connectivity index (χ0v) is 35.1. The molecule has 324 valence electrons. The number of nitrogens with one attached hydrogen (secondary N) is 6. The maximum atomic E-state index is 14.0. The van der Waals surface area contributed by atoms with Gasteiger partial charge in [0.25, 0.3) is 0 Å². The SMILES string of the molecule is CC(=O)NC(CC(C)C)C(=O)NC(Cc1ccc(O)cc1)C(=O)NC(CCCN=C(N)N)C(=O)NC(C)C(=O)NC(CC(N)=O)C(=O)NC(C(=O)C(C)(C)C)C(C)C. The summed E-state index contributed by atoms with van der Waals surface area (Å²) >= 11 is 0. The number of aliphatic imine (C=N–C) groups is 1. The smallest absolute Gasteiger partial charge is 0.243 e. The number of rotatable bonds is 23. The third-order valence-electron chi connectivity index (χ3n) is 8.76. The molecule has 13 N–H and O–H groups in total. The highest BCUT2D eigenvalue weighted by molar-refractivity contribution is 5.99. The third-order valence-corrected chi connectivity index (χ3v) is 8.76. The van der Waals surface area contributed by atoms with Crippen molar-refractivity contribution in [3.63, 3.8) is 0 Å². The number of carbonyl (C=O) groups excluding carboxylic acids is 8. The highest BCUT2D eigenvalue weighted by atomic mass is 16.3. The molecule has 6 unspecified atom stereocenters. The van der Waals surface area contributed by atoms with Gasteiger partial charge in [-0.25, -0.2) is 0 Å². The van der Waals surface area contributed by atoms with E-state index < -0.39 is 89.4 Å². The Bertz CT molecular complexity index is 1640. The molecule has 1 aromatic rings. The molecule has 0 saturated carbocycles. The first-order valence-electron chi connectivity index (χ1n) is 19.3. The molecule has 0 spiro atoms. The number of Topliss-reactive ketones (excluding diaryl/α,β-unsaturated/α-hetero) is 1. The minimum absolute atomic E-state index is 0.000427. The van der Waals surface area contributed by atoms with Gasteiger partial charge in [0.1, 0.15) is 36.0 Å². The van der Waals surface area contributed by atoms with Gasteiger partial charge in [-0.3, -0.25) is 43.3 Å². The summed E-state index contributed by atoms with van der Waals surface area (Å²) in [6.45, 7) is 14.9. The first-order valence-corrected chi connectivity index (χ1v) is 19.3. The van der Waals surface area contributed by atoms with Crippen LogP contribution in [0.2, 0.25) is 0 Å². The van der Waals surface area contributed by atoms with Crippen LogP contribution in [-0.4, -0.2) is 101 Å². The van der Waals surface area contributed by atoms with E-state index in [1.807, 2.05) is 13.8 Å². The summed E-state index contributed by atoms with van der Waals surface area (Å²) in [6.07, 6.45) is -0.254. The van der Waals surface area contributed by atoms with E-state index in [1.165, 1.54) is 26.0 Å². The number of benzene rings is 1. The van der Waals surface area contributed by atoms with Crippen molar-refractivity contribution in [2.75, 3.05) is 6.54 Å². The fourth-order valence-corrected chi connectivity index (χ4v) is 5.68. The van der Waals surface area contributed by atoms with E-state index in [0.29, 0.717) is 5.56 Å². The Balaban J connectivity index is 3.38. The van der Waals surface area contributed by atoms with Gasteiger partial charge >= 0.3 is 0 Å². The highest BCUT2D eigenvalue weighted by Gasteiger charge is 2.36. The van der Waals surface area contributed by atoms with Crippen molar-refractivity contribution in [2.24, 2.45) is 39.4 Å². The van der Waals surface area contributed by atoms with Crippen LogP contribution in [-0.2, 0) is 44.8 Å². The van der Waals surface area contributed by atoms with Crippen molar-refractivity contribution < 1.29 is 43.5 Å². The molecule has 0 aromatic heterocycles. The molecule has 0 bridgehead atoms. The molecular weight excluding hydrogens is 752 g/mol. The van der Waals surface area contributed by atoms with Crippen molar-refractivity contribution in [1.82, 2.24) is 31.9 Å². The van der Waals surface area contributed by atoms with Gasteiger partial charge < -0.3 is 54.2 Å². The molecule has 1 aromatic carbocycles. The van der Waals surface area contributed by atoms with Crippen LogP contribution in [0.5, 0.6) is 5.75 Å². The van der Waals surface area contributed by atoms with Crippen LogP contribution in [0.25, 0.3) is 0 Å². The maximum absolute atomic E-state index is 14.0. The van der Waals surface area contributed by atoms with Gasteiger partial charge in [-0.15, -0.1) is 0 Å². The second-order valence-electron chi connectivity index (χ2n) is 16.1. The predicted octanol–water partition coefficient (Wildman–Crippen LogP) is -0.870. The van der Waals surface area contributed by atoms with E-state index in [0.717, 1.165) is 0 Å². The molecule has 58 heavy (non-hydrogen) atoms. The quantitative estimate of drug-likeness (QED) is 0.0368. The molecule has 19 nitrogen and oxygen atoms in total. The molecule has 0 heterocycles. The standard InChI is InChI=1S/C39H64N10O9/c1-20(2)17-27(45-23(6)50)35(56)48-28(18-24-12-14-25(51)15-13-24)36(57)46-26(11-10-16-43-38(41)42)34(55)44-22(5)33(54)47-29(19-30(40)52)37(58)49-31(21(3)4)32(53)39(7,8)9/h12-15,20-22,26-29,31,51H,10-11,16-19H2,1-9H3,(H2,40,52)(H,44,55)(H,45,50)(H,46,57)(H,47,54)(H,48,56)(H,49,58)(H4,41,42,43). The third kappa shape index (κ3) is 18.5. The van der Waals surface area contributed by atoms with E-state index in [-0.39, 0.29) is 61.6 Å². The Morgan fingerprint density at radius 2 is 1.21 bits per heavy atom. The van der Waals surface area contributed by atoms with Crippen LogP contribution < -0.4 is 49.1 Å². The van der Waals surface area contributed by atoms with Gasteiger partial charge in [-0.05, 0) is 55.7 Å². The van der Waals surface area contributed by atoms with Crippen molar-refractivity contribution in [3.8, 4) is 5.75 Å². The molecule has 0 saturated heterocycles. The lowest BCUT2D eigenvalue weighted by molar-refractivity contribution is -0.137. The van der Waals surface area contributed by atoms with Crippen LogP contribution >= 0.6 is 0 Å². The number of aromatic hydroxyl groups is 1. The number of guanidine groups is 1. The van der Waals surface area contributed by atoms with Crippen molar-refractivity contribution in [2.45, 2.75) is 131 Å².